The summed E-state index contributed by atoms with van der Waals surface area (Å²) in [5.74, 6) is 0.143. The van der Waals surface area contributed by atoms with Gasteiger partial charge in [-0.25, -0.2) is 0 Å². The van der Waals surface area contributed by atoms with Crippen LogP contribution in [0.1, 0.15) is 16.7 Å². The summed E-state index contributed by atoms with van der Waals surface area (Å²) in [6.45, 7) is 8.58. The lowest BCUT2D eigenvalue weighted by Gasteiger charge is -2.29. The number of aryl methyl sites for hydroxylation is 1. The number of rotatable bonds is 6. The maximum Gasteiger partial charge on any atom is 0.275 e. The number of halogens is 1. The van der Waals surface area contributed by atoms with E-state index in [0.29, 0.717) is 13.1 Å². The van der Waals surface area contributed by atoms with Gasteiger partial charge in [0.2, 0.25) is 0 Å². The van der Waals surface area contributed by atoms with Crippen molar-refractivity contribution in [2.45, 2.75) is 20.0 Å². The minimum absolute atomic E-state index is 0.143. The van der Waals surface area contributed by atoms with Crippen LogP contribution in [0.15, 0.2) is 48.5 Å². The van der Waals surface area contributed by atoms with Gasteiger partial charge in [0.1, 0.15) is 32.7 Å². The number of quaternary nitrogens is 2. The van der Waals surface area contributed by atoms with Gasteiger partial charge in [-0.2, -0.15) is 0 Å². The number of hydrogen-bond donors (Lipinski definition) is 3. The highest BCUT2D eigenvalue weighted by atomic mass is 35.5. The second-order valence-corrected chi connectivity index (χ2v) is 7.62. The molecule has 3 rings (SSSR count). The standard InChI is InChI=1S/C21H26ClN3O/c1-17-4-2-3-5-19(17)14-23-21(26)16-25-12-10-24(11-13-25)15-18-6-8-20(22)9-7-18/h2-9H,10-16H2,1H3,(H,23,26)/p+2. The summed E-state index contributed by atoms with van der Waals surface area (Å²) in [5, 5.41) is 3.85. The highest BCUT2D eigenvalue weighted by Crippen LogP contribution is 2.08. The van der Waals surface area contributed by atoms with Gasteiger partial charge in [-0.05, 0) is 30.2 Å². The van der Waals surface area contributed by atoms with Crippen molar-refractivity contribution in [2.24, 2.45) is 0 Å². The van der Waals surface area contributed by atoms with Crippen molar-refractivity contribution < 1.29 is 14.6 Å². The van der Waals surface area contributed by atoms with Gasteiger partial charge in [0.05, 0.1) is 0 Å². The number of piperazine rings is 1. The lowest BCUT2D eigenvalue weighted by Crippen LogP contribution is -3.28. The van der Waals surface area contributed by atoms with Gasteiger partial charge < -0.3 is 15.1 Å². The molecule has 0 atom stereocenters. The molecule has 0 aliphatic carbocycles. The lowest BCUT2D eigenvalue weighted by atomic mass is 10.1. The molecule has 4 nitrogen and oxygen atoms in total. The fourth-order valence-electron chi connectivity index (χ4n) is 3.49. The van der Waals surface area contributed by atoms with Crippen LogP contribution in [0.25, 0.3) is 0 Å². The van der Waals surface area contributed by atoms with Crippen LogP contribution in [0.5, 0.6) is 0 Å². The molecular formula is C21H28ClN3O+2. The normalized spacial score (nSPS) is 19.9. The van der Waals surface area contributed by atoms with Crippen LogP contribution in [-0.2, 0) is 17.9 Å². The van der Waals surface area contributed by atoms with Crippen molar-refractivity contribution in [3.8, 4) is 0 Å². The topological polar surface area (TPSA) is 38.0 Å². The third kappa shape index (κ3) is 5.56. The fraction of sp³-hybridized carbons (Fsp3) is 0.381. The minimum Gasteiger partial charge on any atom is -0.347 e. The second-order valence-electron chi connectivity index (χ2n) is 7.18. The molecule has 0 spiro atoms. The van der Waals surface area contributed by atoms with Crippen molar-refractivity contribution in [3.63, 3.8) is 0 Å². The SMILES string of the molecule is Cc1ccccc1CNC(=O)C[NH+]1CC[NH+](Cc2ccc(Cl)cc2)CC1. The molecule has 3 N–H and O–H groups in total. The van der Waals surface area contributed by atoms with Crippen LogP contribution in [0.4, 0.5) is 0 Å². The van der Waals surface area contributed by atoms with E-state index in [1.54, 1.807) is 4.90 Å². The number of nitrogens with one attached hydrogen (secondary N) is 3. The van der Waals surface area contributed by atoms with E-state index < -0.39 is 0 Å². The average Bonchev–Trinajstić information content (AvgIpc) is 2.64. The Labute approximate surface area is 160 Å². The van der Waals surface area contributed by atoms with Crippen LogP contribution in [0, 0.1) is 6.92 Å². The smallest absolute Gasteiger partial charge is 0.275 e. The first-order chi connectivity index (χ1) is 12.6. The Morgan fingerprint density at radius 3 is 2.35 bits per heavy atom. The first kappa shape index (κ1) is 18.9. The highest BCUT2D eigenvalue weighted by Gasteiger charge is 2.24. The molecule has 1 aliphatic rings. The zero-order chi connectivity index (χ0) is 18.4. The maximum absolute atomic E-state index is 12.2. The first-order valence-corrected chi connectivity index (χ1v) is 9.71. The molecule has 1 saturated heterocycles. The Balaban J connectivity index is 1.38. The number of amides is 1. The molecule has 0 radical (unpaired) electrons. The summed E-state index contributed by atoms with van der Waals surface area (Å²) in [6, 6.07) is 16.3. The number of hydrogen-bond acceptors (Lipinski definition) is 1. The molecule has 5 heteroatoms. The lowest BCUT2D eigenvalue weighted by molar-refractivity contribution is -1.02. The molecule has 1 amide bonds. The third-order valence-corrected chi connectivity index (χ3v) is 5.43. The van der Waals surface area contributed by atoms with E-state index in [1.165, 1.54) is 21.6 Å². The summed E-state index contributed by atoms with van der Waals surface area (Å²) in [7, 11) is 0. The van der Waals surface area contributed by atoms with Gasteiger partial charge in [0, 0.05) is 17.1 Å². The van der Waals surface area contributed by atoms with Crippen molar-refractivity contribution in [2.75, 3.05) is 32.7 Å². The second kappa shape index (κ2) is 9.17. The molecule has 0 unspecified atom stereocenters. The molecule has 1 fully saturated rings. The first-order valence-electron chi connectivity index (χ1n) is 9.33. The summed E-state index contributed by atoms with van der Waals surface area (Å²) < 4.78 is 0. The van der Waals surface area contributed by atoms with Crippen LogP contribution < -0.4 is 15.1 Å². The zero-order valence-corrected chi connectivity index (χ0v) is 16.1. The highest BCUT2D eigenvalue weighted by molar-refractivity contribution is 6.30. The van der Waals surface area contributed by atoms with E-state index in [9.17, 15) is 4.79 Å². The molecule has 1 aliphatic heterocycles. The van der Waals surface area contributed by atoms with Gasteiger partial charge >= 0.3 is 0 Å². The summed E-state index contributed by atoms with van der Waals surface area (Å²) in [5.41, 5.74) is 3.73. The number of carbonyl (C=O) groups is 1. The average molecular weight is 374 g/mol. The third-order valence-electron chi connectivity index (χ3n) is 5.18. The van der Waals surface area contributed by atoms with E-state index in [-0.39, 0.29) is 5.91 Å². The summed E-state index contributed by atoms with van der Waals surface area (Å²) in [4.78, 5) is 15.2. The Bertz CT molecular complexity index is 724. The Morgan fingerprint density at radius 2 is 1.65 bits per heavy atom. The molecular weight excluding hydrogens is 346 g/mol. The Hall–Kier alpha value is -1.88. The predicted octanol–water partition coefficient (Wildman–Crippen LogP) is 0.248. The van der Waals surface area contributed by atoms with Gasteiger partial charge in [0.25, 0.3) is 5.91 Å². The van der Waals surface area contributed by atoms with E-state index in [2.05, 4.69) is 36.5 Å². The van der Waals surface area contributed by atoms with Crippen LogP contribution in [0.2, 0.25) is 5.02 Å². The molecule has 0 aromatic heterocycles. The predicted molar refractivity (Wildman–Crippen MR) is 104 cm³/mol. The van der Waals surface area contributed by atoms with Gasteiger partial charge in [0.15, 0.2) is 6.54 Å². The Kier molecular flexibility index (Phi) is 6.67. The van der Waals surface area contributed by atoms with Gasteiger partial charge in [-0.3, -0.25) is 4.79 Å². The zero-order valence-electron chi connectivity index (χ0n) is 15.4. The van der Waals surface area contributed by atoms with Crippen molar-refractivity contribution in [1.82, 2.24) is 5.32 Å². The van der Waals surface area contributed by atoms with Crippen molar-refractivity contribution in [1.29, 1.82) is 0 Å². The van der Waals surface area contributed by atoms with E-state index >= 15 is 0 Å². The number of carbonyl (C=O) groups excluding carboxylic acids is 1. The monoisotopic (exact) mass is 373 g/mol. The number of benzene rings is 2. The van der Waals surface area contributed by atoms with Gasteiger partial charge in [-0.15, -0.1) is 0 Å². The van der Waals surface area contributed by atoms with Crippen molar-refractivity contribution in [3.05, 3.63) is 70.2 Å². The summed E-state index contributed by atoms with van der Waals surface area (Å²) in [6.07, 6.45) is 0. The van der Waals surface area contributed by atoms with Crippen molar-refractivity contribution >= 4 is 17.5 Å². The fourth-order valence-corrected chi connectivity index (χ4v) is 3.62. The minimum atomic E-state index is 0.143. The molecule has 0 bridgehead atoms. The van der Waals surface area contributed by atoms with Gasteiger partial charge in [-0.1, -0.05) is 48.0 Å². The van der Waals surface area contributed by atoms with Crippen LogP contribution in [-0.4, -0.2) is 38.6 Å². The summed E-state index contributed by atoms with van der Waals surface area (Å²) >= 11 is 5.95. The molecule has 2 aromatic rings. The van der Waals surface area contributed by atoms with E-state index in [4.69, 9.17) is 11.6 Å². The largest absolute Gasteiger partial charge is 0.347 e. The molecule has 26 heavy (non-hydrogen) atoms. The molecule has 1 heterocycles. The molecule has 0 saturated carbocycles. The Morgan fingerprint density at radius 1 is 1.00 bits per heavy atom. The van der Waals surface area contributed by atoms with E-state index in [0.717, 1.165) is 37.7 Å². The molecule has 2 aromatic carbocycles. The molecule has 138 valence electrons. The maximum atomic E-state index is 12.2. The quantitative estimate of drug-likeness (QED) is 0.667. The van der Waals surface area contributed by atoms with E-state index in [1.807, 2.05) is 24.3 Å². The van der Waals surface area contributed by atoms with Crippen LogP contribution >= 0.6 is 11.6 Å². The van der Waals surface area contributed by atoms with Crippen LogP contribution in [0.3, 0.4) is 0 Å².